The quantitative estimate of drug-likeness (QED) is 0.241. The van der Waals surface area contributed by atoms with E-state index in [1.807, 2.05) is 0 Å². The summed E-state index contributed by atoms with van der Waals surface area (Å²) in [5, 5.41) is 10.3. The molecule has 1 saturated heterocycles. The predicted molar refractivity (Wildman–Crippen MR) is 143 cm³/mol. The molecule has 2 aliphatic rings. The van der Waals surface area contributed by atoms with Gasteiger partial charge in [-0.15, -0.1) is 11.6 Å². The van der Waals surface area contributed by atoms with E-state index in [2.05, 4.69) is 25.8 Å². The number of hydrogen-bond acceptors (Lipinski definition) is 7. The van der Waals surface area contributed by atoms with Crippen LogP contribution < -0.4 is 20.7 Å². The number of benzene rings is 1. The number of anilines is 2. The van der Waals surface area contributed by atoms with Crippen molar-refractivity contribution in [2.75, 3.05) is 49.8 Å². The molecule has 1 amide bonds. The van der Waals surface area contributed by atoms with Gasteiger partial charge in [-0.05, 0) is 38.2 Å². The Kier molecular flexibility index (Phi) is 9.81. The van der Waals surface area contributed by atoms with E-state index in [-0.39, 0.29) is 17.5 Å². The van der Waals surface area contributed by atoms with Gasteiger partial charge in [-0.2, -0.15) is 4.98 Å². The molecule has 1 aromatic heterocycles. The van der Waals surface area contributed by atoms with E-state index >= 15 is 0 Å². The fraction of sp³-hybridized carbons (Fsp3) is 0.654. The minimum absolute atomic E-state index is 0.0507. The summed E-state index contributed by atoms with van der Waals surface area (Å²) in [6.45, 7) is 3.24. The zero-order chi connectivity index (χ0) is 25.3. The number of likely N-dealkylation sites (tertiary alicyclic amines) is 1. The third-order valence-electron chi connectivity index (χ3n) is 7.26. The van der Waals surface area contributed by atoms with Crippen LogP contribution in [0.5, 0.6) is 5.75 Å². The number of amides is 1. The predicted octanol–water partition coefficient (Wildman–Crippen LogP) is 4.53. The number of piperidine rings is 1. The van der Waals surface area contributed by atoms with Gasteiger partial charge in [-0.3, -0.25) is 4.79 Å². The number of carbonyl (C=O) groups is 1. The molecule has 2 heterocycles. The molecule has 36 heavy (non-hydrogen) atoms. The summed E-state index contributed by atoms with van der Waals surface area (Å²) >= 11 is 5.51. The van der Waals surface area contributed by atoms with Gasteiger partial charge in [0, 0.05) is 49.7 Å². The number of nitrogens with one attached hydrogen (secondary N) is 3. The Labute approximate surface area is 217 Å². The maximum Gasteiger partial charge on any atom is 0.234 e. The maximum atomic E-state index is 14.5. The SMILES string of the molecule is COc1cc2c(NC3CCN(C4CCCCCC4)CC3)nc(NCCCNC(=O)CCl)nc2cc1F. The average Bonchev–Trinajstić information content (AvgIpc) is 3.18. The highest BCUT2D eigenvalue weighted by atomic mass is 35.5. The fourth-order valence-electron chi connectivity index (χ4n) is 5.26. The second-order valence-corrected chi connectivity index (χ2v) is 10.0. The largest absolute Gasteiger partial charge is 0.494 e. The van der Waals surface area contributed by atoms with Gasteiger partial charge < -0.3 is 25.6 Å². The number of methoxy groups -OCH3 is 1. The van der Waals surface area contributed by atoms with Crippen molar-refractivity contribution >= 4 is 40.2 Å². The first-order chi connectivity index (χ1) is 17.6. The third-order valence-corrected chi connectivity index (χ3v) is 7.50. The number of alkyl halides is 1. The molecule has 2 aromatic rings. The molecule has 198 valence electrons. The molecule has 4 rings (SSSR count). The zero-order valence-corrected chi connectivity index (χ0v) is 21.9. The highest BCUT2D eigenvalue weighted by molar-refractivity contribution is 6.27. The fourth-order valence-corrected chi connectivity index (χ4v) is 5.36. The molecule has 3 N–H and O–H groups in total. The van der Waals surface area contributed by atoms with Crippen molar-refractivity contribution in [1.29, 1.82) is 0 Å². The van der Waals surface area contributed by atoms with E-state index in [0.717, 1.165) is 37.4 Å². The van der Waals surface area contributed by atoms with Crippen molar-refractivity contribution in [1.82, 2.24) is 20.2 Å². The molecule has 10 heteroatoms. The lowest BCUT2D eigenvalue weighted by molar-refractivity contribution is -0.118. The standard InChI is InChI=1S/C26H38ClFN6O2/c1-36-23-15-20-22(16-21(23)28)32-26(30-12-6-11-29-24(35)17-27)33-25(20)31-18-9-13-34(14-10-18)19-7-4-2-3-5-8-19/h15-16,18-19H,2-14,17H2,1H3,(H,29,35)(H2,30,31,32,33). The molecular weight excluding hydrogens is 483 g/mol. The number of ether oxygens (including phenoxy) is 1. The van der Waals surface area contributed by atoms with Crippen LogP contribution in [0.1, 0.15) is 57.8 Å². The van der Waals surface area contributed by atoms with Gasteiger partial charge in [-0.1, -0.05) is 25.7 Å². The first kappa shape index (κ1) is 26.7. The monoisotopic (exact) mass is 520 g/mol. The Bertz CT molecular complexity index is 1010. The van der Waals surface area contributed by atoms with Crippen molar-refractivity contribution in [3.05, 3.63) is 17.9 Å². The molecule has 1 saturated carbocycles. The van der Waals surface area contributed by atoms with E-state index in [0.29, 0.717) is 42.8 Å². The Morgan fingerprint density at radius 1 is 1.11 bits per heavy atom. The van der Waals surface area contributed by atoms with Crippen molar-refractivity contribution in [2.45, 2.75) is 69.9 Å². The van der Waals surface area contributed by atoms with E-state index in [1.54, 1.807) is 6.07 Å². The highest BCUT2D eigenvalue weighted by Gasteiger charge is 2.26. The summed E-state index contributed by atoms with van der Waals surface area (Å²) in [7, 11) is 1.46. The van der Waals surface area contributed by atoms with Crippen molar-refractivity contribution in [3.8, 4) is 5.75 Å². The Morgan fingerprint density at radius 3 is 2.56 bits per heavy atom. The summed E-state index contributed by atoms with van der Waals surface area (Å²) < 4.78 is 19.7. The lowest BCUT2D eigenvalue weighted by atomic mass is 9.99. The normalized spacial score (nSPS) is 18.1. The van der Waals surface area contributed by atoms with Gasteiger partial charge in [0.2, 0.25) is 11.9 Å². The minimum atomic E-state index is -0.457. The summed E-state index contributed by atoms with van der Waals surface area (Å²) in [5.74, 6) is 0.581. The molecule has 0 radical (unpaired) electrons. The molecule has 8 nitrogen and oxygen atoms in total. The van der Waals surface area contributed by atoms with Crippen LogP contribution in [-0.4, -0.2) is 72.0 Å². The number of nitrogens with zero attached hydrogens (tertiary/aromatic N) is 3. The molecule has 0 spiro atoms. The molecule has 1 aromatic carbocycles. The lowest BCUT2D eigenvalue weighted by Crippen LogP contribution is -2.44. The summed E-state index contributed by atoms with van der Waals surface area (Å²) in [5.41, 5.74) is 0.514. The molecule has 2 fully saturated rings. The van der Waals surface area contributed by atoms with Crippen LogP contribution >= 0.6 is 11.6 Å². The zero-order valence-electron chi connectivity index (χ0n) is 21.1. The first-order valence-corrected chi connectivity index (χ1v) is 13.7. The number of aromatic nitrogens is 2. The van der Waals surface area contributed by atoms with Gasteiger partial charge in [0.25, 0.3) is 0 Å². The van der Waals surface area contributed by atoms with Crippen LogP contribution in [0, 0.1) is 5.82 Å². The van der Waals surface area contributed by atoms with Gasteiger partial charge in [0.05, 0.1) is 12.6 Å². The van der Waals surface area contributed by atoms with Crippen LogP contribution in [0.25, 0.3) is 10.9 Å². The van der Waals surface area contributed by atoms with E-state index in [4.69, 9.17) is 21.3 Å². The minimum Gasteiger partial charge on any atom is -0.494 e. The number of halogens is 2. The summed E-state index contributed by atoms with van der Waals surface area (Å²) in [6, 6.07) is 4.08. The molecule has 0 bridgehead atoms. The Hall–Kier alpha value is -2.39. The number of hydrogen-bond donors (Lipinski definition) is 3. The third kappa shape index (κ3) is 7.09. The summed E-state index contributed by atoms with van der Waals surface area (Å²) in [6.07, 6.45) is 10.9. The smallest absolute Gasteiger partial charge is 0.234 e. The van der Waals surface area contributed by atoms with E-state index in [9.17, 15) is 9.18 Å². The van der Waals surface area contributed by atoms with Gasteiger partial charge in [-0.25, -0.2) is 9.37 Å². The first-order valence-electron chi connectivity index (χ1n) is 13.2. The van der Waals surface area contributed by atoms with Crippen LogP contribution in [-0.2, 0) is 4.79 Å². The highest BCUT2D eigenvalue weighted by Crippen LogP contribution is 2.31. The van der Waals surface area contributed by atoms with Crippen LogP contribution in [0.3, 0.4) is 0 Å². The van der Waals surface area contributed by atoms with Crippen LogP contribution in [0.15, 0.2) is 12.1 Å². The van der Waals surface area contributed by atoms with Crippen molar-refractivity contribution < 1.29 is 13.9 Å². The van der Waals surface area contributed by atoms with Gasteiger partial charge in [0.1, 0.15) is 11.7 Å². The lowest BCUT2D eigenvalue weighted by Gasteiger charge is -2.37. The number of rotatable bonds is 10. The second-order valence-electron chi connectivity index (χ2n) is 9.76. The Balaban J connectivity index is 1.43. The molecule has 0 unspecified atom stereocenters. The molecular formula is C26H38ClFN6O2. The van der Waals surface area contributed by atoms with Crippen LogP contribution in [0.4, 0.5) is 16.2 Å². The van der Waals surface area contributed by atoms with E-state index in [1.165, 1.54) is 51.7 Å². The maximum absolute atomic E-state index is 14.5. The molecule has 1 aliphatic carbocycles. The van der Waals surface area contributed by atoms with Gasteiger partial charge in [0.15, 0.2) is 11.6 Å². The second kappa shape index (κ2) is 13.2. The summed E-state index contributed by atoms with van der Waals surface area (Å²) in [4.78, 5) is 23.2. The van der Waals surface area contributed by atoms with Crippen molar-refractivity contribution in [2.24, 2.45) is 0 Å². The van der Waals surface area contributed by atoms with Crippen LogP contribution in [0.2, 0.25) is 0 Å². The van der Waals surface area contributed by atoms with Gasteiger partial charge >= 0.3 is 0 Å². The number of fused-ring (bicyclic) bond motifs is 1. The van der Waals surface area contributed by atoms with Crippen molar-refractivity contribution in [3.63, 3.8) is 0 Å². The number of carbonyl (C=O) groups excluding carboxylic acids is 1. The molecule has 1 aliphatic heterocycles. The van der Waals surface area contributed by atoms with E-state index < -0.39 is 5.82 Å². The average molecular weight is 521 g/mol. The Morgan fingerprint density at radius 2 is 1.86 bits per heavy atom. The molecule has 0 atom stereocenters. The topological polar surface area (TPSA) is 91.4 Å².